The summed E-state index contributed by atoms with van der Waals surface area (Å²) in [5.41, 5.74) is 1.09. The number of para-hydroxylation sites is 1. The average Bonchev–Trinajstić information content (AvgIpc) is 2.72. The molecule has 3 nitrogen and oxygen atoms in total. The molecule has 1 atom stereocenters. The highest BCUT2D eigenvalue weighted by Crippen LogP contribution is 2.27. The summed E-state index contributed by atoms with van der Waals surface area (Å²) in [6.45, 7) is 4.35. The van der Waals surface area contributed by atoms with Crippen molar-refractivity contribution in [1.82, 2.24) is 5.32 Å². The fraction of sp³-hybridized carbons (Fsp3) is 0.455. The standard InChI is InChI=1S/C11H15NO2/c1-2-13-10-6-4-3-5-9(10)11-12-7-8-14-11/h3-6,11-12H,2,7-8H2,1H3. The highest BCUT2D eigenvalue weighted by molar-refractivity contribution is 5.35. The highest BCUT2D eigenvalue weighted by Gasteiger charge is 2.19. The van der Waals surface area contributed by atoms with Crippen LogP contribution < -0.4 is 10.1 Å². The minimum absolute atomic E-state index is 0.00208. The van der Waals surface area contributed by atoms with Crippen LogP contribution in [0.1, 0.15) is 18.7 Å². The van der Waals surface area contributed by atoms with Gasteiger partial charge in [0.25, 0.3) is 0 Å². The quantitative estimate of drug-likeness (QED) is 0.792. The minimum Gasteiger partial charge on any atom is -0.493 e. The van der Waals surface area contributed by atoms with Crippen LogP contribution in [0.3, 0.4) is 0 Å². The first-order valence-electron chi connectivity index (χ1n) is 4.98. The Balaban J connectivity index is 2.21. The van der Waals surface area contributed by atoms with Gasteiger partial charge in [-0.2, -0.15) is 0 Å². The summed E-state index contributed by atoms with van der Waals surface area (Å²) >= 11 is 0. The number of rotatable bonds is 3. The van der Waals surface area contributed by atoms with E-state index in [1.54, 1.807) is 0 Å². The maximum atomic E-state index is 5.53. The van der Waals surface area contributed by atoms with Crippen molar-refractivity contribution in [3.63, 3.8) is 0 Å². The average molecular weight is 193 g/mol. The molecule has 1 aliphatic heterocycles. The van der Waals surface area contributed by atoms with Crippen molar-refractivity contribution in [3.8, 4) is 5.75 Å². The number of nitrogens with one attached hydrogen (secondary N) is 1. The maximum Gasteiger partial charge on any atom is 0.138 e. The van der Waals surface area contributed by atoms with Gasteiger partial charge in [-0.05, 0) is 13.0 Å². The lowest BCUT2D eigenvalue weighted by atomic mass is 10.2. The number of ether oxygens (including phenoxy) is 2. The molecule has 1 saturated heterocycles. The van der Waals surface area contributed by atoms with E-state index in [0.29, 0.717) is 6.61 Å². The molecule has 76 valence electrons. The van der Waals surface area contributed by atoms with Crippen LogP contribution in [0, 0.1) is 0 Å². The molecule has 0 amide bonds. The van der Waals surface area contributed by atoms with Gasteiger partial charge in [-0.1, -0.05) is 18.2 Å². The van der Waals surface area contributed by atoms with E-state index in [1.807, 2.05) is 31.2 Å². The Morgan fingerprint density at radius 1 is 1.50 bits per heavy atom. The fourth-order valence-corrected chi connectivity index (χ4v) is 1.61. The van der Waals surface area contributed by atoms with Crippen molar-refractivity contribution >= 4 is 0 Å². The maximum absolute atomic E-state index is 5.53. The summed E-state index contributed by atoms with van der Waals surface area (Å²) in [5, 5.41) is 3.27. The summed E-state index contributed by atoms with van der Waals surface area (Å²) in [5.74, 6) is 0.911. The largest absolute Gasteiger partial charge is 0.493 e. The van der Waals surface area contributed by atoms with Gasteiger partial charge in [0, 0.05) is 12.1 Å². The van der Waals surface area contributed by atoms with Crippen LogP contribution in [0.5, 0.6) is 5.75 Å². The minimum atomic E-state index is -0.00208. The first-order chi connectivity index (χ1) is 6.92. The SMILES string of the molecule is CCOc1ccccc1C1NCCO1. The van der Waals surface area contributed by atoms with Crippen molar-refractivity contribution < 1.29 is 9.47 Å². The summed E-state index contributed by atoms with van der Waals surface area (Å²) in [6, 6.07) is 7.99. The first-order valence-corrected chi connectivity index (χ1v) is 4.98. The Hall–Kier alpha value is -1.06. The topological polar surface area (TPSA) is 30.5 Å². The van der Waals surface area contributed by atoms with E-state index in [0.717, 1.165) is 24.5 Å². The zero-order valence-corrected chi connectivity index (χ0v) is 8.32. The molecule has 0 saturated carbocycles. The van der Waals surface area contributed by atoms with Crippen LogP contribution >= 0.6 is 0 Å². The molecule has 14 heavy (non-hydrogen) atoms. The highest BCUT2D eigenvalue weighted by atomic mass is 16.5. The summed E-state index contributed by atoms with van der Waals surface area (Å²) < 4.78 is 11.1. The Morgan fingerprint density at radius 3 is 3.07 bits per heavy atom. The molecule has 1 heterocycles. The predicted molar refractivity (Wildman–Crippen MR) is 54.3 cm³/mol. The molecule has 3 heteroatoms. The Bertz CT molecular complexity index is 295. The lowest BCUT2D eigenvalue weighted by Gasteiger charge is -2.14. The molecular weight excluding hydrogens is 178 g/mol. The van der Waals surface area contributed by atoms with Crippen molar-refractivity contribution in [2.45, 2.75) is 13.2 Å². The van der Waals surface area contributed by atoms with Crippen molar-refractivity contribution in [3.05, 3.63) is 29.8 Å². The number of hydrogen-bond acceptors (Lipinski definition) is 3. The Morgan fingerprint density at radius 2 is 2.36 bits per heavy atom. The molecule has 1 aromatic carbocycles. The molecule has 1 N–H and O–H groups in total. The van der Waals surface area contributed by atoms with Crippen LogP contribution in [0.2, 0.25) is 0 Å². The lowest BCUT2D eigenvalue weighted by molar-refractivity contribution is 0.0990. The van der Waals surface area contributed by atoms with Crippen molar-refractivity contribution in [2.24, 2.45) is 0 Å². The molecule has 0 aromatic heterocycles. The van der Waals surface area contributed by atoms with Gasteiger partial charge < -0.3 is 9.47 Å². The molecule has 0 bridgehead atoms. The van der Waals surface area contributed by atoms with E-state index >= 15 is 0 Å². The van der Waals surface area contributed by atoms with Gasteiger partial charge >= 0.3 is 0 Å². The Kier molecular flexibility index (Phi) is 3.01. The van der Waals surface area contributed by atoms with E-state index < -0.39 is 0 Å². The zero-order chi connectivity index (χ0) is 9.80. The normalized spacial score (nSPS) is 21.1. The van der Waals surface area contributed by atoms with Crippen LogP contribution in [0.15, 0.2) is 24.3 Å². The van der Waals surface area contributed by atoms with E-state index in [4.69, 9.17) is 9.47 Å². The van der Waals surface area contributed by atoms with Gasteiger partial charge in [0.2, 0.25) is 0 Å². The molecule has 2 rings (SSSR count). The van der Waals surface area contributed by atoms with Crippen molar-refractivity contribution in [2.75, 3.05) is 19.8 Å². The molecule has 0 radical (unpaired) electrons. The number of hydrogen-bond donors (Lipinski definition) is 1. The summed E-state index contributed by atoms with van der Waals surface area (Å²) in [7, 11) is 0. The lowest BCUT2D eigenvalue weighted by Crippen LogP contribution is -2.15. The third kappa shape index (κ3) is 1.89. The monoisotopic (exact) mass is 193 g/mol. The third-order valence-corrected chi connectivity index (χ3v) is 2.22. The summed E-state index contributed by atoms with van der Waals surface area (Å²) in [6.07, 6.45) is -0.00208. The fourth-order valence-electron chi connectivity index (χ4n) is 1.61. The summed E-state index contributed by atoms with van der Waals surface area (Å²) in [4.78, 5) is 0. The van der Waals surface area contributed by atoms with Crippen molar-refractivity contribution in [1.29, 1.82) is 0 Å². The molecule has 1 aliphatic rings. The molecule has 1 aromatic rings. The van der Waals surface area contributed by atoms with Crippen LogP contribution in [0.4, 0.5) is 0 Å². The van der Waals surface area contributed by atoms with Crippen LogP contribution in [-0.2, 0) is 4.74 Å². The van der Waals surface area contributed by atoms with Gasteiger partial charge in [-0.15, -0.1) is 0 Å². The van der Waals surface area contributed by atoms with Gasteiger partial charge in [0.05, 0.1) is 13.2 Å². The van der Waals surface area contributed by atoms with E-state index in [1.165, 1.54) is 0 Å². The van der Waals surface area contributed by atoms with E-state index in [9.17, 15) is 0 Å². The Labute approximate surface area is 84.0 Å². The van der Waals surface area contributed by atoms with Gasteiger partial charge in [0.1, 0.15) is 12.0 Å². The van der Waals surface area contributed by atoms with Crippen LogP contribution in [0.25, 0.3) is 0 Å². The zero-order valence-electron chi connectivity index (χ0n) is 8.32. The smallest absolute Gasteiger partial charge is 0.138 e. The molecule has 0 aliphatic carbocycles. The molecule has 1 fully saturated rings. The predicted octanol–water partition coefficient (Wildman–Crippen LogP) is 1.70. The van der Waals surface area contributed by atoms with E-state index in [-0.39, 0.29) is 6.23 Å². The second-order valence-electron chi connectivity index (χ2n) is 3.18. The van der Waals surface area contributed by atoms with Gasteiger partial charge in [-0.3, -0.25) is 5.32 Å². The number of benzene rings is 1. The van der Waals surface area contributed by atoms with Crippen LogP contribution in [-0.4, -0.2) is 19.8 Å². The van der Waals surface area contributed by atoms with Gasteiger partial charge in [-0.25, -0.2) is 0 Å². The van der Waals surface area contributed by atoms with E-state index in [2.05, 4.69) is 5.32 Å². The molecule has 0 spiro atoms. The van der Waals surface area contributed by atoms with Gasteiger partial charge in [0.15, 0.2) is 0 Å². The molecular formula is C11H15NO2. The molecule has 1 unspecified atom stereocenters. The second-order valence-corrected chi connectivity index (χ2v) is 3.18. The third-order valence-electron chi connectivity index (χ3n) is 2.22. The first kappa shape index (κ1) is 9.49. The second kappa shape index (κ2) is 4.44.